The number of rotatable bonds is 3. The molecular formula is C18H22ClN5O. The molecule has 0 unspecified atom stereocenters. The lowest BCUT2D eigenvalue weighted by Gasteiger charge is -2.32. The minimum atomic E-state index is -0.233. The number of carbonyl (C=O) groups is 1. The number of amides is 1. The summed E-state index contributed by atoms with van der Waals surface area (Å²) in [6, 6.07) is 2.02. The van der Waals surface area contributed by atoms with Crippen molar-refractivity contribution >= 4 is 23.3 Å². The second-order valence-corrected chi connectivity index (χ2v) is 7.29. The maximum atomic E-state index is 11.5. The molecule has 2 aliphatic heterocycles. The van der Waals surface area contributed by atoms with E-state index in [1.807, 2.05) is 12.3 Å². The van der Waals surface area contributed by atoms with Crippen LogP contribution in [0.3, 0.4) is 0 Å². The van der Waals surface area contributed by atoms with Crippen LogP contribution in [0.1, 0.15) is 31.5 Å². The number of carbonyl (C=O) groups excluding carboxylic acids is 1. The zero-order valence-electron chi connectivity index (χ0n) is 14.1. The van der Waals surface area contributed by atoms with E-state index in [9.17, 15) is 4.79 Å². The van der Waals surface area contributed by atoms with Crippen LogP contribution in [0.4, 0.5) is 5.82 Å². The molecule has 0 bridgehead atoms. The van der Waals surface area contributed by atoms with E-state index < -0.39 is 0 Å². The van der Waals surface area contributed by atoms with Gasteiger partial charge < -0.3 is 15.2 Å². The van der Waals surface area contributed by atoms with Crippen molar-refractivity contribution in [2.75, 3.05) is 18.0 Å². The first-order chi connectivity index (χ1) is 12.1. The SMILES string of the molecule is NC(=O)[C@@H]1CCCN(c2cc(-c3cnc4n3CCCC4)c(Cl)cn2)C1. The van der Waals surface area contributed by atoms with Crippen LogP contribution >= 0.6 is 11.6 Å². The topological polar surface area (TPSA) is 77.0 Å². The number of fused-ring (bicyclic) bond motifs is 1. The number of hydrogen-bond donors (Lipinski definition) is 1. The molecule has 0 radical (unpaired) electrons. The Hall–Kier alpha value is -2.08. The second-order valence-electron chi connectivity index (χ2n) is 6.88. The summed E-state index contributed by atoms with van der Waals surface area (Å²) in [5.41, 5.74) is 7.50. The first kappa shape index (κ1) is 16.4. The molecule has 0 saturated carbocycles. The number of hydrogen-bond acceptors (Lipinski definition) is 4. The van der Waals surface area contributed by atoms with E-state index in [1.54, 1.807) is 6.20 Å². The van der Waals surface area contributed by atoms with Crippen LogP contribution in [-0.4, -0.2) is 33.5 Å². The average Bonchev–Trinajstić information content (AvgIpc) is 3.06. The molecule has 0 aromatic carbocycles. The number of piperidine rings is 1. The Bertz CT molecular complexity index is 803. The van der Waals surface area contributed by atoms with Gasteiger partial charge in [0.2, 0.25) is 5.91 Å². The lowest BCUT2D eigenvalue weighted by Crippen LogP contribution is -2.41. The number of aromatic nitrogens is 3. The molecule has 6 nitrogen and oxygen atoms in total. The highest BCUT2D eigenvalue weighted by Crippen LogP contribution is 2.33. The smallest absolute Gasteiger partial charge is 0.222 e. The van der Waals surface area contributed by atoms with Gasteiger partial charge in [-0.15, -0.1) is 0 Å². The monoisotopic (exact) mass is 359 g/mol. The van der Waals surface area contributed by atoms with Crippen molar-refractivity contribution in [1.29, 1.82) is 0 Å². The maximum absolute atomic E-state index is 11.5. The molecule has 0 aliphatic carbocycles. The van der Waals surface area contributed by atoms with E-state index in [-0.39, 0.29) is 11.8 Å². The molecule has 0 spiro atoms. The summed E-state index contributed by atoms with van der Waals surface area (Å²) in [4.78, 5) is 22.7. The largest absolute Gasteiger partial charge is 0.369 e. The number of primary amides is 1. The van der Waals surface area contributed by atoms with Crippen molar-refractivity contribution in [1.82, 2.24) is 14.5 Å². The van der Waals surface area contributed by atoms with Crippen molar-refractivity contribution in [3.05, 3.63) is 29.3 Å². The molecule has 4 heterocycles. The predicted molar refractivity (Wildman–Crippen MR) is 97.5 cm³/mol. The van der Waals surface area contributed by atoms with Crippen molar-refractivity contribution < 1.29 is 4.79 Å². The van der Waals surface area contributed by atoms with Crippen LogP contribution in [0.5, 0.6) is 0 Å². The van der Waals surface area contributed by atoms with Gasteiger partial charge in [0.05, 0.1) is 22.8 Å². The number of anilines is 1. The fourth-order valence-corrected chi connectivity index (χ4v) is 4.05. The Morgan fingerprint density at radius 2 is 2.08 bits per heavy atom. The molecule has 4 rings (SSSR count). The highest BCUT2D eigenvalue weighted by Gasteiger charge is 2.26. The van der Waals surface area contributed by atoms with Crippen molar-refractivity contribution in [3.63, 3.8) is 0 Å². The number of aryl methyl sites for hydroxylation is 1. The van der Waals surface area contributed by atoms with Gasteiger partial charge in [-0.1, -0.05) is 11.6 Å². The third-order valence-electron chi connectivity index (χ3n) is 5.23. The van der Waals surface area contributed by atoms with Crippen LogP contribution in [0.15, 0.2) is 18.5 Å². The first-order valence-electron chi connectivity index (χ1n) is 8.88. The zero-order chi connectivity index (χ0) is 17.4. The molecular weight excluding hydrogens is 338 g/mol. The van der Waals surface area contributed by atoms with Crippen LogP contribution in [0.2, 0.25) is 5.02 Å². The second kappa shape index (κ2) is 6.67. The molecule has 1 amide bonds. The van der Waals surface area contributed by atoms with Gasteiger partial charge in [0.1, 0.15) is 11.6 Å². The lowest BCUT2D eigenvalue weighted by molar-refractivity contribution is -0.122. The van der Waals surface area contributed by atoms with E-state index in [0.717, 1.165) is 55.3 Å². The average molecular weight is 360 g/mol. The molecule has 1 saturated heterocycles. The summed E-state index contributed by atoms with van der Waals surface area (Å²) in [7, 11) is 0. The Morgan fingerprint density at radius 3 is 2.92 bits per heavy atom. The maximum Gasteiger partial charge on any atom is 0.222 e. The number of halogens is 1. The molecule has 25 heavy (non-hydrogen) atoms. The van der Waals surface area contributed by atoms with E-state index in [4.69, 9.17) is 17.3 Å². The van der Waals surface area contributed by atoms with Gasteiger partial charge in [-0.25, -0.2) is 9.97 Å². The number of pyridine rings is 1. The minimum Gasteiger partial charge on any atom is -0.369 e. The van der Waals surface area contributed by atoms with E-state index >= 15 is 0 Å². The summed E-state index contributed by atoms with van der Waals surface area (Å²) >= 11 is 6.45. The van der Waals surface area contributed by atoms with E-state index in [2.05, 4.69) is 19.4 Å². The van der Waals surface area contributed by atoms with Gasteiger partial charge in [-0.05, 0) is 31.7 Å². The Morgan fingerprint density at radius 1 is 1.20 bits per heavy atom. The van der Waals surface area contributed by atoms with Gasteiger partial charge >= 0.3 is 0 Å². The number of imidazole rings is 1. The number of nitrogens with zero attached hydrogens (tertiary/aromatic N) is 4. The fourth-order valence-electron chi connectivity index (χ4n) is 3.85. The van der Waals surface area contributed by atoms with Gasteiger partial charge in [0.15, 0.2) is 0 Å². The molecule has 1 atom stereocenters. The Balaban J connectivity index is 1.67. The molecule has 7 heteroatoms. The lowest BCUT2D eigenvalue weighted by atomic mass is 9.97. The quantitative estimate of drug-likeness (QED) is 0.913. The van der Waals surface area contributed by atoms with Crippen molar-refractivity contribution in [3.8, 4) is 11.3 Å². The van der Waals surface area contributed by atoms with E-state index in [1.165, 1.54) is 12.8 Å². The summed E-state index contributed by atoms with van der Waals surface area (Å²) in [6.07, 6.45) is 8.77. The van der Waals surface area contributed by atoms with Crippen molar-refractivity contribution in [2.24, 2.45) is 11.7 Å². The third-order valence-corrected chi connectivity index (χ3v) is 5.54. The van der Waals surface area contributed by atoms with Crippen LogP contribution < -0.4 is 10.6 Å². The van der Waals surface area contributed by atoms with Gasteiger partial charge in [0, 0.05) is 37.8 Å². The van der Waals surface area contributed by atoms with Gasteiger partial charge in [0.25, 0.3) is 0 Å². The van der Waals surface area contributed by atoms with E-state index in [0.29, 0.717) is 11.6 Å². The fraction of sp³-hybridized carbons (Fsp3) is 0.500. The van der Waals surface area contributed by atoms with Gasteiger partial charge in [-0.3, -0.25) is 4.79 Å². The van der Waals surface area contributed by atoms with Gasteiger partial charge in [-0.2, -0.15) is 0 Å². The molecule has 2 aromatic rings. The highest BCUT2D eigenvalue weighted by atomic mass is 35.5. The summed E-state index contributed by atoms with van der Waals surface area (Å²) in [6.45, 7) is 2.47. The summed E-state index contributed by atoms with van der Waals surface area (Å²) in [5, 5.41) is 0.625. The Kier molecular flexibility index (Phi) is 4.37. The zero-order valence-corrected chi connectivity index (χ0v) is 14.9. The molecule has 2 N–H and O–H groups in total. The third kappa shape index (κ3) is 3.11. The number of nitrogens with two attached hydrogens (primary N) is 1. The van der Waals surface area contributed by atoms with Crippen LogP contribution in [-0.2, 0) is 17.8 Å². The predicted octanol–water partition coefficient (Wildman–Crippen LogP) is 2.64. The van der Waals surface area contributed by atoms with Crippen LogP contribution in [0.25, 0.3) is 11.3 Å². The van der Waals surface area contributed by atoms with Crippen LogP contribution in [0, 0.1) is 5.92 Å². The highest BCUT2D eigenvalue weighted by molar-refractivity contribution is 6.33. The minimum absolute atomic E-state index is 0.114. The summed E-state index contributed by atoms with van der Waals surface area (Å²) in [5.74, 6) is 1.63. The normalized spacial score (nSPS) is 20.4. The summed E-state index contributed by atoms with van der Waals surface area (Å²) < 4.78 is 2.26. The molecule has 132 valence electrons. The standard InChI is InChI=1S/C18H22ClN5O/c19-14-9-21-17(23-6-3-4-12(11-23)18(20)25)8-13(14)15-10-22-16-5-1-2-7-24(15)16/h8-10,12H,1-7,11H2,(H2,20,25)/t12-/m1/s1. The first-order valence-corrected chi connectivity index (χ1v) is 9.26. The Labute approximate surface area is 152 Å². The molecule has 1 fully saturated rings. The van der Waals surface area contributed by atoms with Crippen molar-refractivity contribution in [2.45, 2.75) is 38.6 Å². The molecule has 2 aliphatic rings. The molecule has 2 aromatic heterocycles.